The van der Waals surface area contributed by atoms with Crippen LogP contribution in [0.3, 0.4) is 0 Å². The molecule has 0 N–H and O–H groups in total. The molecule has 2 aromatic carbocycles. The molecule has 22 heavy (non-hydrogen) atoms. The zero-order valence-corrected chi connectivity index (χ0v) is 11.2. The highest BCUT2D eigenvalue weighted by molar-refractivity contribution is 5.91. The van der Waals surface area contributed by atoms with Gasteiger partial charge in [-0.1, -0.05) is 5.92 Å². The van der Waals surface area contributed by atoms with E-state index in [2.05, 4.69) is 16.6 Å². The lowest BCUT2D eigenvalue weighted by Crippen LogP contribution is -2.11. The van der Waals surface area contributed by atoms with Gasteiger partial charge in [-0.2, -0.15) is 0 Å². The fourth-order valence-corrected chi connectivity index (χ4v) is 1.66. The molecular weight excluding hydrogens is 300 g/mol. The zero-order chi connectivity index (χ0) is 16.3. The molecular formula is C16H8F4O2. The van der Waals surface area contributed by atoms with Gasteiger partial charge in [-0.3, -0.25) is 0 Å². The van der Waals surface area contributed by atoms with E-state index in [0.717, 1.165) is 12.1 Å². The van der Waals surface area contributed by atoms with Crippen LogP contribution in [-0.2, 0) is 0 Å². The number of benzene rings is 2. The molecule has 2 rings (SSSR count). The molecule has 2 nitrogen and oxygen atoms in total. The molecule has 0 aromatic heterocycles. The Morgan fingerprint density at radius 2 is 1.64 bits per heavy atom. The van der Waals surface area contributed by atoms with Gasteiger partial charge in [0.25, 0.3) is 0 Å². The average Bonchev–Trinajstić information content (AvgIpc) is 2.45. The monoisotopic (exact) mass is 308 g/mol. The summed E-state index contributed by atoms with van der Waals surface area (Å²) in [6, 6.07) is 4.53. The minimum Gasteiger partial charge on any atom is -0.423 e. The summed E-state index contributed by atoms with van der Waals surface area (Å²) in [6.45, 7) is 1.57. The summed E-state index contributed by atoms with van der Waals surface area (Å²) in [5, 5.41) is 0. The van der Waals surface area contributed by atoms with E-state index in [9.17, 15) is 22.4 Å². The standard InChI is InChI=1S/C16H8F4O2/c1-2-3-9-4-5-11(12(17)6-9)16(21)22-10-7-13(18)15(20)14(19)8-10/h4-8H,1H3. The van der Waals surface area contributed by atoms with Crippen LogP contribution in [-0.4, -0.2) is 5.97 Å². The Bertz CT molecular complexity index is 781. The molecule has 0 spiro atoms. The molecule has 0 amide bonds. The summed E-state index contributed by atoms with van der Waals surface area (Å²) in [7, 11) is 0. The van der Waals surface area contributed by atoms with Crippen molar-refractivity contribution in [3.05, 3.63) is 64.7 Å². The van der Waals surface area contributed by atoms with Crippen molar-refractivity contribution in [2.75, 3.05) is 0 Å². The van der Waals surface area contributed by atoms with E-state index in [1.165, 1.54) is 6.07 Å². The topological polar surface area (TPSA) is 26.3 Å². The van der Waals surface area contributed by atoms with Gasteiger partial charge in [-0.25, -0.2) is 22.4 Å². The van der Waals surface area contributed by atoms with Crippen molar-refractivity contribution in [3.8, 4) is 17.6 Å². The Kier molecular flexibility index (Phi) is 4.47. The van der Waals surface area contributed by atoms with Crippen LogP contribution in [0.1, 0.15) is 22.8 Å². The lowest BCUT2D eigenvalue weighted by molar-refractivity contribution is 0.0728. The second kappa shape index (κ2) is 6.31. The van der Waals surface area contributed by atoms with Crippen molar-refractivity contribution < 1.29 is 27.1 Å². The number of hydrogen-bond donors (Lipinski definition) is 0. The number of rotatable bonds is 2. The third kappa shape index (κ3) is 3.26. The quantitative estimate of drug-likeness (QED) is 0.277. The summed E-state index contributed by atoms with van der Waals surface area (Å²) >= 11 is 0. The lowest BCUT2D eigenvalue weighted by Gasteiger charge is -2.06. The van der Waals surface area contributed by atoms with E-state index < -0.39 is 40.6 Å². The van der Waals surface area contributed by atoms with Crippen LogP contribution in [0.15, 0.2) is 30.3 Å². The highest BCUT2D eigenvalue weighted by Gasteiger charge is 2.17. The van der Waals surface area contributed by atoms with E-state index in [-0.39, 0.29) is 0 Å². The Morgan fingerprint density at radius 1 is 1.00 bits per heavy atom. The Hall–Kier alpha value is -2.81. The van der Waals surface area contributed by atoms with Crippen LogP contribution in [0.25, 0.3) is 0 Å². The molecule has 0 fully saturated rings. The summed E-state index contributed by atoms with van der Waals surface area (Å²) in [5.74, 6) is -2.19. The molecule has 0 aliphatic rings. The van der Waals surface area contributed by atoms with Gasteiger partial charge < -0.3 is 4.74 Å². The van der Waals surface area contributed by atoms with Crippen LogP contribution in [0.4, 0.5) is 17.6 Å². The van der Waals surface area contributed by atoms with Gasteiger partial charge in [-0.05, 0) is 25.1 Å². The van der Waals surface area contributed by atoms with Gasteiger partial charge in [0.1, 0.15) is 11.6 Å². The zero-order valence-electron chi connectivity index (χ0n) is 11.2. The minimum absolute atomic E-state index is 0.357. The molecule has 0 atom stereocenters. The summed E-state index contributed by atoms with van der Waals surface area (Å²) in [5.41, 5.74) is -0.0813. The lowest BCUT2D eigenvalue weighted by atomic mass is 10.1. The fourth-order valence-electron chi connectivity index (χ4n) is 1.66. The molecule has 0 unspecified atom stereocenters. The van der Waals surface area contributed by atoms with E-state index in [0.29, 0.717) is 17.7 Å². The number of ether oxygens (including phenoxy) is 1. The number of carbonyl (C=O) groups is 1. The maximum absolute atomic E-state index is 13.8. The summed E-state index contributed by atoms with van der Waals surface area (Å²) in [4.78, 5) is 11.8. The predicted molar refractivity (Wildman–Crippen MR) is 70.2 cm³/mol. The van der Waals surface area contributed by atoms with Gasteiger partial charge in [0.05, 0.1) is 5.56 Å². The maximum Gasteiger partial charge on any atom is 0.346 e. The maximum atomic E-state index is 13.8. The summed E-state index contributed by atoms with van der Waals surface area (Å²) in [6.07, 6.45) is 0. The van der Waals surface area contributed by atoms with Crippen LogP contribution in [0, 0.1) is 35.1 Å². The van der Waals surface area contributed by atoms with Crippen molar-refractivity contribution >= 4 is 5.97 Å². The third-order valence-corrected chi connectivity index (χ3v) is 2.63. The fraction of sp³-hybridized carbons (Fsp3) is 0.0625. The first-order valence-corrected chi connectivity index (χ1v) is 6.01. The van der Waals surface area contributed by atoms with Gasteiger partial charge in [0, 0.05) is 17.7 Å². The first kappa shape index (κ1) is 15.6. The van der Waals surface area contributed by atoms with Crippen LogP contribution < -0.4 is 4.74 Å². The largest absolute Gasteiger partial charge is 0.423 e. The Balaban J connectivity index is 2.27. The van der Waals surface area contributed by atoms with E-state index >= 15 is 0 Å². The van der Waals surface area contributed by atoms with Gasteiger partial charge in [-0.15, -0.1) is 5.92 Å². The van der Waals surface area contributed by atoms with Crippen molar-refractivity contribution in [1.82, 2.24) is 0 Å². The molecule has 0 bridgehead atoms. The van der Waals surface area contributed by atoms with Crippen molar-refractivity contribution in [2.45, 2.75) is 6.92 Å². The summed E-state index contributed by atoms with van der Waals surface area (Å²) < 4.78 is 57.2. The SMILES string of the molecule is CC#Cc1ccc(C(=O)Oc2cc(F)c(F)c(F)c2)c(F)c1. The van der Waals surface area contributed by atoms with Crippen molar-refractivity contribution in [2.24, 2.45) is 0 Å². The second-order valence-corrected chi connectivity index (χ2v) is 4.16. The molecule has 112 valence electrons. The normalized spacial score (nSPS) is 9.86. The average molecular weight is 308 g/mol. The first-order valence-electron chi connectivity index (χ1n) is 6.01. The number of esters is 1. The minimum atomic E-state index is -1.69. The van der Waals surface area contributed by atoms with E-state index in [1.807, 2.05) is 0 Å². The molecule has 0 saturated heterocycles. The molecule has 0 heterocycles. The second-order valence-electron chi connectivity index (χ2n) is 4.16. The van der Waals surface area contributed by atoms with Crippen molar-refractivity contribution in [3.63, 3.8) is 0 Å². The number of hydrogen-bond acceptors (Lipinski definition) is 2. The van der Waals surface area contributed by atoms with Crippen molar-refractivity contribution in [1.29, 1.82) is 0 Å². The van der Waals surface area contributed by atoms with Crippen LogP contribution in [0.2, 0.25) is 0 Å². The molecule has 0 aliphatic heterocycles. The highest BCUT2D eigenvalue weighted by atomic mass is 19.2. The molecule has 0 saturated carbocycles. The Morgan fingerprint density at radius 3 is 2.18 bits per heavy atom. The van der Waals surface area contributed by atoms with Gasteiger partial charge >= 0.3 is 5.97 Å². The number of carbonyl (C=O) groups excluding carboxylic acids is 1. The predicted octanol–water partition coefficient (Wildman–Crippen LogP) is 3.83. The van der Waals surface area contributed by atoms with E-state index in [4.69, 9.17) is 0 Å². The number of halogens is 4. The molecule has 6 heteroatoms. The van der Waals surface area contributed by atoms with Crippen LogP contribution >= 0.6 is 0 Å². The molecule has 2 aromatic rings. The first-order chi connectivity index (χ1) is 10.4. The van der Waals surface area contributed by atoms with Crippen LogP contribution in [0.5, 0.6) is 5.75 Å². The Labute approximate surface area is 123 Å². The van der Waals surface area contributed by atoms with Gasteiger partial charge in [0.2, 0.25) is 0 Å². The van der Waals surface area contributed by atoms with Gasteiger partial charge in [0.15, 0.2) is 17.5 Å². The highest BCUT2D eigenvalue weighted by Crippen LogP contribution is 2.21. The smallest absolute Gasteiger partial charge is 0.346 e. The van der Waals surface area contributed by atoms with E-state index in [1.54, 1.807) is 6.92 Å². The molecule has 0 aliphatic carbocycles. The molecule has 0 radical (unpaired) electrons. The third-order valence-electron chi connectivity index (χ3n) is 2.63.